The number of sulfonamides is 1. The Labute approximate surface area is 208 Å². The van der Waals surface area contributed by atoms with Crippen molar-refractivity contribution in [2.45, 2.75) is 59.7 Å². The van der Waals surface area contributed by atoms with Crippen LogP contribution < -0.4 is 9.62 Å². The quantitative estimate of drug-likeness (QED) is 0.525. The molecule has 2 aromatic carbocycles. The lowest BCUT2D eigenvalue weighted by Gasteiger charge is -2.32. The van der Waals surface area contributed by atoms with Crippen LogP contribution >= 0.6 is 11.6 Å². The molecule has 0 radical (unpaired) electrons. The van der Waals surface area contributed by atoms with Gasteiger partial charge in [-0.05, 0) is 69.0 Å². The van der Waals surface area contributed by atoms with Gasteiger partial charge in [-0.25, -0.2) is 8.42 Å². The third-order valence-corrected chi connectivity index (χ3v) is 7.34. The van der Waals surface area contributed by atoms with E-state index in [-0.39, 0.29) is 18.5 Å². The Hall–Kier alpha value is -2.58. The van der Waals surface area contributed by atoms with Gasteiger partial charge in [-0.15, -0.1) is 0 Å². The molecule has 186 valence electrons. The van der Waals surface area contributed by atoms with Gasteiger partial charge in [0.15, 0.2) is 0 Å². The monoisotopic (exact) mass is 507 g/mol. The van der Waals surface area contributed by atoms with Gasteiger partial charge < -0.3 is 10.2 Å². The van der Waals surface area contributed by atoms with Crippen LogP contribution in [0.5, 0.6) is 0 Å². The highest BCUT2D eigenvalue weighted by Crippen LogP contribution is 2.25. The molecule has 0 aromatic heterocycles. The molecule has 0 unspecified atom stereocenters. The van der Waals surface area contributed by atoms with Gasteiger partial charge in [0, 0.05) is 17.6 Å². The Morgan fingerprint density at radius 3 is 2.24 bits per heavy atom. The molecule has 2 atom stereocenters. The molecule has 1 N–H and O–H groups in total. The van der Waals surface area contributed by atoms with Gasteiger partial charge in [-0.2, -0.15) is 0 Å². The summed E-state index contributed by atoms with van der Waals surface area (Å²) in [5.74, 6) is -0.776. The predicted molar refractivity (Wildman–Crippen MR) is 137 cm³/mol. The number of anilines is 1. The Kier molecular flexibility index (Phi) is 9.53. The number of aryl methyl sites for hydroxylation is 1. The fourth-order valence-corrected chi connectivity index (χ4v) is 4.46. The molecule has 0 aliphatic carbocycles. The van der Waals surface area contributed by atoms with Gasteiger partial charge in [0.2, 0.25) is 21.8 Å². The summed E-state index contributed by atoms with van der Waals surface area (Å²) in [5, 5.41) is 3.46. The number of hydrogen-bond donors (Lipinski definition) is 1. The number of carbonyl (C=O) groups is 2. The van der Waals surface area contributed by atoms with Crippen molar-refractivity contribution >= 4 is 39.1 Å². The standard InChI is InChI=1S/C25H34ClN3O4S/c1-7-18(3)27-25(31)20(5)28(15-21-11-13-22(26)14-12-21)24(30)16-29(34(6,32)33)23-10-8-9-17(2)19(23)4/h8-14,18,20H,7,15-16H2,1-6H3,(H,27,31)/t18-,20+/m0/s1. The van der Waals surface area contributed by atoms with Crippen molar-refractivity contribution in [1.82, 2.24) is 10.2 Å². The van der Waals surface area contributed by atoms with Crippen LogP contribution in [0.4, 0.5) is 5.69 Å². The number of nitrogens with zero attached hydrogens (tertiary/aromatic N) is 2. The minimum atomic E-state index is -3.77. The second-order valence-corrected chi connectivity index (χ2v) is 11.0. The molecule has 7 nitrogen and oxygen atoms in total. The van der Waals surface area contributed by atoms with Crippen molar-refractivity contribution in [3.8, 4) is 0 Å². The lowest BCUT2D eigenvalue weighted by molar-refractivity contribution is -0.139. The largest absolute Gasteiger partial charge is 0.352 e. The molecule has 0 aliphatic heterocycles. The van der Waals surface area contributed by atoms with E-state index < -0.39 is 28.5 Å². The highest BCUT2D eigenvalue weighted by Gasteiger charge is 2.31. The van der Waals surface area contributed by atoms with Crippen molar-refractivity contribution in [1.29, 1.82) is 0 Å². The van der Waals surface area contributed by atoms with E-state index in [1.807, 2.05) is 33.8 Å². The Bertz CT molecular complexity index is 1120. The molecule has 0 heterocycles. The number of benzene rings is 2. The van der Waals surface area contributed by atoms with Crippen LogP contribution in [0.25, 0.3) is 0 Å². The zero-order chi connectivity index (χ0) is 25.6. The van der Waals surface area contributed by atoms with Gasteiger partial charge in [0.1, 0.15) is 12.6 Å². The minimum Gasteiger partial charge on any atom is -0.352 e. The van der Waals surface area contributed by atoms with Crippen LogP contribution in [-0.4, -0.2) is 50.0 Å². The first-order valence-electron chi connectivity index (χ1n) is 11.2. The van der Waals surface area contributed by atoms with E-state index in [0.717, 1.165) is 33.7 Å². The SMILES string of the molecule is CC[C@H](C)NC(=O)[C@@H](C)N(Cc1ccc(Cl)cc1)C(=O)CN(c1cccc(C)c1C)S(C)(=O)=O. The number of nitrogens with one attached hydrogen (secondary N) is 1. The smallest absolute Gasteiger partial charge is 0.244 e. The molecule has 0 saturated carbocycles. The molecule has 34 heavy (non-hydrogen) atoms. The third kappa shape index (κ3) is 7.21. The summed E-state index contributed by atoms with van der Waals surface area (Å²) in [6.45, 7) is 8.92. The number of halogens is 1. The first-order valence-corrected chi connectivity index (χ1v) is 13.5. The number of carbonyl (C=O) groups excluding carboxylic acids is 2. The van der Waals surface area contributed by atoms with E-state index >= 15 is 0 Å². The van der Waals surface area contributed by atoms with Gasteiger partial charge in [-0.1, -0.05) is 42.8 Å². The molecular weight excluding hydrogens is 474 g/mol. The molecule has 9 heteroatoms. The van der Waals surface area contributed by atoms with Gasteiger partial charge in [0.25, 0.3) is 0 Å². The molecule has 0 fully saturated rings. The van der Waals surface area contributed by atoms with E-state index in [1.165, 1.54) is 4.90 Å². The first kappa shape index (κ1) is 27.7. The molecule has 0 aliphatic rings. The van der Waals surface area contributed by atoms with Crippen molar-refractivity contribution in [3.63, 3.8) is 0 Å². The number of rotatable bonds is 10. The highest BCUT2D eigenvalue weighted by molar-refractivity contribution is 7.92. The van der Waals surface area contributed by atoms with E-state index in [2.05, 4.69) is 5.32 Å². The average molecular weight is 508 g/mol. The molecule has 2 amide bonds. The minimum absolute atomic E-state index is 0.0510. The van der Waals surface area contributed by atoms with Gasteiger partial charge in [0.05, 0.1) is 11.9 Å². The van der Waals surface area contributed by atoms with Gasteiger partial charge in [-0.3, -0.25) is 13.9 Å². The lowest BCUT2D eigenvalue weighted by atomic mass is 10.1. The fraction of sp³-hybridized carbons (Fsp3) is 0.440. The highest BCUT2D eigenvalue weighted by atomic mass is 35.5. The third-order valence-electron chi connectivity index (χ3n) is 5.96. The Morgan fingerprint density at radius 2 is 1.68 bits per heavy atom. The zero-order valence-corrected chi connectivity index (χ0v) is 22.2. The second-order valence-electron chi connectivity index (χ2n) is 8.63. The van der Waals surface area contributed by atoms with Crippen molar-refractivity contribution in [3.05, 3.63) is 64.2 Å². The van der Waals surface area contributed by atoms with Crippen LogP contribution in [0.15, 0.2) is 42.5 Å². The van der Waals surface area contributed by atoms with E-state index in [4.69, 9.17) is 11.6 Å². The Balaban J connectivity index is 2.42. The van der Waals surface area contributed by atoms with Crippen LogP contribution in [-0.2, 0) is 26.2 Å². The van der Waals surface area contributed by atoms with Crippen LogP contribution in [0.2, 0.25) is 5.02 Å². The molecule has 0 bridgehead atoms. The summed E-state index contributed by atoms with van der Waals surface area (Å²) in [7, 11) is -3.77. The van der Waals surface area contributed by atoms with Crippen molar-refractivity contribution in [2.75, 3.05) is 17.1 Å². The number of hydrogen-bond acceptors (Lipinski definition) is 4. The molecule has 0 spiro atoms. The van der Waals surface area contributed by atoms with Crippen LogP contribution in [0, 0.1) is 13.8 Å². The first-order chi connectivity index (χ1) is 15.8. The maximum atomic E-state index is 13.6. The van der Waals surface area contributed by atoms with Crippen molar-refractivity contribution < 1.29 is 18.0 Å². The normalized spacial score (nSPS) is 13.1. The molecule has 2 rings (SSSR count). The Morgan fingerprint density at radius 1 is 1.06 bits per heavy atom. The van der Waals surface area contributed by atoms with Crippen molar-refractivity contribution in [2.24, 2.45) is 0 Å². The van der Waals surface area contributed by atoms with E-state index in [0.29, 0.717) is 10.7 Å². The second kappa shape index (κ2) is 11.7. The predicted octanol–water partition coefficient (Wildman–Crippen LogP) is 4.05. The fourth-order valence-electron chi connectivity index (χ4n) is 3.44. The summed E-state index contributed by atoms with van der Waals surface area (Å²) in [4.78, 5) is 27.9. The summed E-state index contributed by atoms with van der Waals surface area (Å²) >= 11 is 5.99. The van der Waals surface area contributed by atoms with E-state index in [9.17, 15) is 18.0 Å². The summed E-state index contributed by atoms with van der Waals surface area (Å²) in [6.07, 6.45) is 1.82. The average Bonchev–Trinajstić information content (AvgIpc) is 2.77. The summed E-state index contributed by atoms with van der Waals surface area (Å²) < 4.78 is 26.5. The maximum Gasteiger partial charge on any atom is 0.244 e. The maximum absolute atomic E-state index is 13.6. The summed E-state index contributed by atoms with van der Waals surface area (Å²) in [5.41, 5.74) is 2.91. The lowest BCUT2D eigenvalue weighted by Crippen LogP contribution is -2.52. The van der Waals surface area contributed by atoms with E-state index in [1.54, 1.807) is 43.3 Å². The van der Waals surface area contributed by atoms with Crippen LogP contribution in [0.3, 0.4) is 0 Å². The zero-order valence-electron chi connectivity index (χ0n) is 20.6. The number of amides is 2. The molecule has 2 aromatic rings. The van der Waals surface area contributed by atoms with Crippen LogP contribution in [0.1, 0.15) is 43.9 Å². The van der Waals surface area contributed by atoms with Gasteiger partial charge >= 0.3 is 0 Å². The summed E-state index contributed by atoms with van der Waals surface area (Å²) in [6, 6.07) is 11.4. The molecular formula is C25H34ClN3O4S. The molecule has 0 saturated heterocycles. The topological polar surface area (TPSA) is 86.8 Å².